The Hall–Kier alpha value is -0.795. The van der Waals surface area contributed by atoms with Crippen molar-refractivity contribution in [3.63, 3.8) is 0 Å². The van der Waals surface area contributed by atoms with Crippen LogP contribution in [0.1, 0.15) is 55.4 Å². The molecule has 0 aliphatic carbocycles. The summed E-state index contributed by atoms with van der Waals surface area (Å²) >= 11 is 0. The van der Waals surface area contributed by atoms with Gasteiger partial charge in [-0.15, -0.1) is 0 Å². The van der Waals surface area contributed by atoms with Crippen LogP contribution >= 0.6 is 0 Å². The Morgan fingerprint density at radius 1 is 0.667 bits per heavy atom. The molecule has 0 amide bonds. The summed E-state index contributed by atoms with van der Waals surface area (Å²) in [6.45, 7) is 15.7. The summed E-state index contributed by atoms with van der Waals surface area (Å²) in [7, 11) is 0. The number of benzene rings is 1. The Bertz CT molecular complexity index is 438. The molecule has 2 N–H and O–H groups in total. The molecule has 0 bridgehead atoms. The minimum Gasteiger partial charge on any atom is -0.391 e. The van der Waals surface area contributed by atoms with E-state index >= 15 is 0 Å². The molecule has 0 spiro atoms. The van der Waals surface area contributed by atoms with Crippen molar-refractivity contribution in [2.75, 3.05) is 0 Å². The number of aliphatic hydroxyl groups is 2. The minimum atomic E-state index is -0.865. The molecule has 0 heterocycles. The van der Waals surface area contributed by atoms with Gasteiger partial charge in [0.05, 0.1) is 11.2 Å². The molecular weight excluding hydrogens is 259 g/mol. The molecule has 1 aromatic carbocycles. The summed E-state index contributed by atoms with van der Waals surface area (Å²) in [5, 5.41) is 20.6. The molecule has 1 aromatic rings. The van der Waals surface area contributed by atoms with Gasteiger partial charge < -0.3 is 10.2 Å². The van der Waals surface area contributed by atoms with E-state index in [2.05, 4.69) is 39.8 Å². The van der Waals surface area contributed by atoms with Gasteiger partial charge in [-0.2, -0.15) is 0 Å². The first kappa shape index (κ1) is 18.3. The highest BCUT2D eigenvalue weighted by atomic mass is 16.3. The monoisotopic (exact) mass is 290 g/mol. The molecule has 2 nitrogen and oxygen atoms in total. The standard InChI is InChI=1S/C18H31BO2/c1-15(2,17(5,6)20)19(14-12-10-9-11-13-14)16(3,4)18(7,8)21/h9-13,20-21H,1-8H3. The van der Waals surface area contributed by atoms with Crippen LogP contribution in [-0.4, -0.2) is 28.1 Å². The van der Waals surface area contributed by atoms with E-state index in [-0.39, 0.29) is 6.71 Å². The van der Waals surface area contributed by atoms with Gasteiger partial charge in [-0.3, -0.25) is 0 Å². The lowest BCUT2D eigenvalue weighted by molar-refractivity contribution is 0.0201. The zero-order valence-corrected chi connectivity index (χ0v) is 14.9. The van der Waals surface area contributed by atoms with Crippen LogP contribution in [0.2, 0.25) is 10.6 Å². The fourth-order valence-electron chi connectivity index (χ4n) is 3.09. The molecule has 1 rings (SSSR count). The van der Waals surface area contributed by atoms with E-state index in [0.29, 0.717) is 0 Å². The second-order valence-electron chi connectivity index (χ2n) is 8.41. The van der Waals surface area contributed by atoms with Crippen LogP contribution in [0.4, 0.5) is 0 Å². The Balaban J connectivity index is 3.54. The number of hydrogen-bond acceptors (Lipinski definition) is 2. The molecule has 0 fully saturated rings. The molecule has 0 atom stereocenters. The summed E-state index contributed by atoms with van der Waals surface area (Å²) < 4.78 is 0. The second kappa shape index (κ2) is 5.44. The average molecular weight is 290 g/mol. The van der Waals surface area contributed by atoms with E-state index < -0.39 is 21.8 Å². The molecule has 21 heavy (non-hydrogen) atoms. The van der Waals surface area contributed by atoms with Crippen molar-refractivity contribution in [3.05, 3.63) is 30.3 Å². The van der Waals surface area contributed by atoms with Crippen LogP contribution in [-0.2, 0) is 0 Å². The van der Waals surface area contributed by atoms with Crippen LogP contribution in [0.25, 0.3) is 0 Å². The van der Waals surface area contributed by atoms with Gasteiger partial charge in [0.25, 0.3) is 0 Å². The van der Waals surface area contributed by atoms with Crippen LogP contribution < -0.4 is 5.46 Å². The predicted molar refractivity (Wildman–Crippen MR) is 92.5 cm³/mol. The minimum absolute atomic E-state index is 0.00574. The first-order valence-electron chi connectivity index (χ1n) is 7.72. The average Bonchev–Trinajstić information content (AvgIpc) is 2.26. The quantitative estimate of drug-likeness (QED) is 0.815. The van der Waals surface area contributed by atoms with Gasteiger partial charge in [0.1, 0.15) is 0 Å². The Morgan fingerprint density at radius 2 is 1.00 bits per heavy atom. The van der Waals surface area contributed by atoms with Crippen LogP contribution in [0.15, 0.2) is 30.3 Å². The summed E-state index contributed by atoms with van der Waals surface area (Å²) in [4.78, 5) is 0. The highest BCUT2D eigenvalue weighted by Crippen LogP contribution is 2.53. The summed E-state index contributed by atoms with van der Waals surface area (Å²) in [5.41, 5.74) is -0.580. The van der Waals surface area contributed by atoms with Crippen molar-refractivity contribution in [3.8, 4) is 0 Å². The Morgan fingerprint density at radius 3 is 1.29 bits per heavy atom. The van der Waals surface area contributed by atoms with Crippen molar-refractivity contribution >= 4 is 12.2 Å². The van der Waals surface area contributed by atoms with Gasteiger partial charge in [-0.05, 0) is 38.3 Å². The van der Waals surface area contributed by atoms with E-state index in [1.165, 1.54) is 0 Å². The summed E-state index contributed by atoms with van der Waals surface area (Å²) in [6.07, 6.45) is 0. The smallest absolute Gasteiger partial charge is 0.193 e. The van der Waals surface area contributed by atoms with E-state index in [1.54, 1.807) is 0 Å². The molecule has 0 radical (unpaired) electrons. The topological polar surface area (TPSA) is 40.5 Å². The molecule has 0 saturated carbocycles. The fourth-order valence-corrected chi connectivity index (χ4v) is 3.09. The van der Waals surface area contributed by atoms with Crippen molar-refractivity contribution < 1.29 is 10.2 Å². The third-order valence-corrected chi connectivity index (χ3v) is 5.73. The van der Waals surface area contributed by atoms with Crippen LogP contribution in [0.5, 0.6) is 0 Å². The molecule has 0 saturated heterocycles. The molecule has 118 valence electrons. The Kier molecular flexibility index (Phi) is 4.73. The normalized spacial score (nSPS) is 14.2. The third kappa shape index (κ3) is 3.35. The third-order valence-electron chi connectivity index (χ3n) is 5.73. The van der Waals surface area contributed by atoms with Gasteiger partial charge >= 0.3 is 0 Å². The summed E-state index contributed by atoms with van der Waals surface area (Å²) in [6, 6.07) is 10.2. The van der Waals surface area contributed by atoms with Crippen molar-refractivity contribution in [1.82, 2.24) is 0 Å². The Labute approximate surface area is 130 Å². The van der Waals surface area contributed by atoms with Gasteiger partial charge in [-0.1, -0.05) is 63.5 Å². The maximum absolute atomic E-state index is 10.7. The molecule has 0 aliphatic heterocycles. The number of rotatable bonds is 5. The van der Waals surface area contributed by atoms with E-state index in [4.69, 9.17) is 0 Å². The maximum atomic E-state index is 10.7. The van der Waals surface area contributed by atoms with E-state index in [0.717, 1.165) is 5.46 Å². The second-order valence-corrected chi connectivity index (χ2v) is 8.41. The highest BCUT2D eigenvalue weighted by molar-refractivity contribution is 6.79. The van der Waals surface area contributed by atoms with Crippen molar-refractivity contribution in [2.24, 2.45) is 0 Å². The van der Waals surface area contributed by atoms with E-state index in [1.807, 2.05) is 45.9 Å². The van der Waals surface area contributed by atoms with Crippen molar-refractivity contribution in [1.29, 1.82) is 0 Å². The highest BCUT2D eigenvalue weighted by Gasteiger charge is 2.56. The molecule has 0 unspecified atom stereocenters. The van der Waals surface area contributed by atoms with E-state index in [9.17, 15) is 10.2 Å². The molecule has 0 aliphatic rings. The molecular formula is C18H31BO2. The van der Waals surface area contributed by atoms with Gasteiger partial charge in [0, 0.05) is 0 Å². The zero-order chi connectivity index (χ0) is 16.7. The SMILES string of the molecule is CC(C)(O)C(C)(C)B(c1ccccc1)C(C)(C)C(C)(C)O. The number of hydrogen-bond donors (Lipinski definition) is 2. The molecule has 3 heteroatoms. The van der Waals surface area contributed by atoms with Gasteiger partial charge in [0.2, 0.25) is 0 Å². The van der Waals surface area contributed by atoms with Crippen LogP contribution in [0.3, 0.4) is 0 Å². The first-order valence-corrected chi connectivity index (χ1v) is 7.72. The lowest BCUT2D eigenvalue weighted by atomic mass is 9.17. The lowest BCUT2D eigenvalue weighted by Gasteiger charge is -2.52. The summed E-state index contributed by atoms with van der Waals surface area (Å²) in [5.74, 6) is 0. The lowest BCUT2D eigenvalue weighted by Crippen LogP contribution is -2.60. The molecule has 0 aromatic heterocycles. The fraction of sp³-hybridized carbons (Fsp3) is 0.667. The largest absolute Gasteiger partial charge is 0.391 e. The first-order chi connectivity index (χ1) is 9.23. The van der Waals surface area contributed by atoms with Crippen molar-refractivity contribution in [2.45, 2.75) is 77.2 Å². The predicted octanol–water partition coefficient (Wildman–Crippen LogP) is 3.49. The maximum Gasteiger partial charge on any atom is 0.193 e. The van der Waals surface area contributed by atoms with Gasteiger partial charge in [0.15, 0.2) is 6.71 Å². The van der Waals surface area contributed by atoms with Crippen LogP contribution in [0, 0.1) is 0 Å². The van der Waals surface area contributed by atoms with Gasteiger partial charge in [-0.25, -0.2) is 0 Å². The zero-order valence-electron chi connectivity index (χ0n) is 14.9.